The molecule has 64 heavy (non-hydrogen) atoms. The van der Waals surface area contributed by atoms with E-state index in [-0.39, 0.29) is 18.9 Å². The van der Waals surface area contributed by atoms with Crippen LogP contribution in [0.1, 0.15) is 149 Å². The van der Waals surface area contributed by atoms with Crippen molar-refractivity contribution >= 4 is 27.6 Å². The lowest BCUT2D eigenvalue weighted by atomic mass is 9.85. The van der Waals surface area contributed by atoms with E-state index in [2.05, 4.69) is 36.6 Å². The number of carbonyl (C=O) groups is 2. The van der Waals surface area contributed by atoms with Crippen molar-refractivity contribution in [2.75, 3.05) is 13.2 Å². The third-order valence-corrected chi connectivity index (χ3v) is 11.6. The van der Waals surface area contributed by atoms with Gasteiger partial charge >= 0.3 is 27.6 Å². The minimum absolute atomic E-state index is 0.0118. The van der Waals surface area contributed by atoms with Gasteiger partial charge in [-0.15, -0.1) is 0 Å². The highest BCUT2D eigenvalue weighted by Gasteiger charge is 2.54. The fourth-order valence-electron chi connectivity index (χ4n) is 6.50. The van der Waals surface area contributed by atoms with E-state index in [1.54, 1.807) is 0 Å². The topological polar surface area (TPSA) is 276 Å². The number of phosphoric ester groups is 2. The summed E-state index contributed by atoms with van der Waals surface area (Å²) in [6.45, 7) is 2.86. The summed E-state index contributed by atoms with van der Waals surface area (Å²) in [5.74, 6) is -1.31. The fourth-order valence-corrected chi connectivity index (χ4v) is 8.04. The molecule has 1 rings (SSSR count). The van der Waals surface area contributed by atoms with Crippen molar-refractivity contribution in [3.05, 3.63) is 60.8 Å². The lowest BCUT2D eigenvalue weighted by Gasteiger charge is -2.43. The van der Waals surface area contributed by atoms with Gasteiger partial charge in [-0.2, -0.15) is 0 Å². The number of aliphatic hydroxyl groups excluding tert-OH is 5. The molecule has 0 aliphatic heterocycles. The lowest BCUT2D eigenvalue weighted by Crippen LogP contribution is -2.64. The van der Waals surface area contributed by atoms with Crippen molar-refractivity contribution in [1.29, 1.82) is 0 Å². The molecule has 1 saturated carbocycles. The van der Waals surface area contributed by atoms with E-state index < -0.39 is 83.5 Å². The predicted octanol–water partition coefficient (Wildman–Crippen LogP) is 7.25. The molecule has 0 heterocycles. The van der Waals surface area contributed by atoms with Crippen molar-refractivity contribution < 1.29 is 82.0 Å². The van der Waals surface area contributed by atoms with Gasteiger partial charge < -0.3 is 49.7 Å². The molecule has 1 aliphatic carbocycles. The maximum absolute atomic E-state index is 13.0. The van der Waals surface area contributed by atoms with Gasteiger partial charge in [0.2, 0.25) is 0 Å². The lowest BCUT2D eigenvalue weighted by molar-refractivity contribution is -0.216. The summed E-state index contributed by atoms with van der Waals surface area (Å²) in [4.78, 5) is 54.2. The standard InChI is InChI=1S/C45H78O17P2/c1-3-5-7-8-9-10-11-12-17-20-23-26-29-33-39(48)60-37(35-59-64(56,57)62-45-42(51)40(49)41(50)44(43(45)52)61-63(53,54)55)34-58-38(47)32-28-25-22-19-16-14-13-15-18-21-24-27-31-36(46)30-6-4-2/h10-11,13-14,18-19,21-22,27,31,36-37,40-46,49-52H,3-9,12,15-17,20,23-26,28-30,32-35H2,1-2H3,(H,56,57)(H2,53,54,55)/b11-10-,14-13-,21-18-,22-19-,31-27-/t36-,37+,40?,41?,42?,43?,44+,45-/m0/s1. The van der Waals surface area contributed by atoms with Crippen LogP contribution in [0.25, 0.3) is 0 Å². The van der Waals surface area contributed by atoms with Crippen LogP contribution in [-0.2, 0) is 41.8 Å². The zero-order chi connectivity index (χ0) is 47.6. The summed E-state index contributed by atoms with van der Waals surface area (Å²) in [6, 6.07) is 0. The van der Waals surface area contributed by atoms with E-state index in [9.17, 15) is 49.1 Å². The summed E-state index contributed by atoms with van der Waals surface area (Å²) in [6.07, 6.45) is 22.4. The first kappa shape index (κ1) is 59.7. The minimum Gasteiger partial charge on any atom is -0.462 e. The Bertz CT molecular complexity index is 1490. The maximum Gasteiger partial charge on any atom is 0.472 e. The molecule has 0 amide bonds. The number of allylic oxidation sites excluding steroid dienone is 9. The van der Waals surface area contributed by atoms with Crippen LogP contribution in [0.5, 0.6) is 0 Å². The van der Waals surface area contributed by atoms with Crippen LogP contribution in [0.3, 0.4) is 0 Å². The van der Waals surface area contributed by atoms with Gasteiger partial charge in [-0.3, -0.25) is 23.2 Å². The first-order chi connectivity index (χ1) is 30.5. The molecule has 8 N–H and O–H groups in total. The van der Waals surface area contributed by atoms with Crippen molar-refractivity contribution in [2.24, 2.45) is 0 Å². The number of unbranched alkanes of at least 4 members (excludes halogenated alkanes) is 11. The van der Waals surface area contributed by atoms with Crippen LogP contribution in [0.15, 0.2) is 60.8 Å². The number of carbonyl (C=O) groups excluding carboxylic acids is 2. The zero-order valence-electron chi connectivity index (χ0n) is 37.8. The minimum atomic E-state index is -5.37. The molecule has 5 unspecified atom stereocenters. The number of hydrogen-bond donors (Lipinski definition) is 8. The molecule has 9 atom stereocenters. The molecule has 0 spiro atoms. The van der Waals surface area contributed by atoms with E-state index in [1.807, 2.05) is 42.5 Å². The summed E-state index contributed by atoms with van der Waals surface area (Å²) in [5, 5.41) is 51.0. The third kappa shape index (κ3) is 30.0. The third-order valence-electron chi connectivity index (χ3n) is 10.1. The zero-order valence-corrected chi connectivity index (χ0v) is 39.6. The van der Waals surface area contributed by atoms with Crippen molar-refractivity contribution in [2.45, 2.75) is 198 Å². The Labute approximate surface area is 380 Å². The van der Waals surface area contributed by atoms with Gasteiger partial charge in [0.25, 0.3) is 0 Å². The second-order valence-corrected chi connectivity index (χ2v) is 18.5. The van der Waals surface area contributed by atoms with Crippen LogP contribution in [0.4, 0.5) is 0 Å². The molecule has 0 aromatic carbocycles. The van der Waals surface area contributed by atoms with Gasteiger partial charge in [0.1, 0.15) is 43.2 Å². The Morgan fingerprint density at radius 3 is 1.67 bits per heavy atom. The van der Waals surface area contributed by atoms with E-state index in [0.29, 0.717) is 25.7 Å². The number of esters is 2. The van der Waals surface area contributed by atoms with Crippen LogP contribution in [0, 0.1) is 0 Å². The van der Waals surface area contributed by atoms with E-state index >= 15 is 0 Å². The molecule has 0 radical (unpaired) electrons. The van der Waals surface area contributed by atoms with E-state index in [0.717, 1.165) is 70.6 Å². The highest BCUT2D eigenvalue weighted by Crippen LogP contribution is 2.49. The fraction of sp³-hybridized carbons (Fsp3) is 0.733. The second kappa shape index (κ2) is 35.8. The summed E-state index contributed by atoms with van der Waals surface area (Å²) >= 11 is 0. The number of aliphatic hydroxyl groups is 5. The van der Waals surface area contributed by atoms with E-state index in [4.69, 9.17) is 28.3 Å². The smallest absolute Gasteiger partial charge is 0.462 e. The summed E-state index contributed by atoms with van der Waals surface area (Å²) < 4.78 is 49.2. The number of rotatable bonds is 37. The SMILES string of the molecule is CCCCCC/C=C\CCCCCCCC(=O)O[C@H](COC(=O)CCC/C=C\C/C=C\C/C=C\C/C=C\[C@@H](O)CCCC)COP(=O)(O)O[C@H]1C(O)C(O)C(O)[C@@H](OP(=O)(O)O)C1O. The van der Waals surface area contributed by atoms with Gasteiger partial charge in [0.15, 0.2) is 6.10 Å². The van der Waals surface area contributed by atoms with Gasteiger partial charge in [-0.1, -0.05) is 126 Å². The van der Waals surface area contributed by atoms with Crippen LogP contribution in [-0.4, -0.2) is 114 Å². The molecule has 17 nitrogen and oxygen atoms in total. The first-order valence-corrected chi connectivity index (χ1v) is 26.0. The van der Waals surface area contributed by atoms with Crippen LogP contribution < -0.4 is 0 Å². The Kier molecular flexibility index (Phi) is 33.4. The largest absolute Gasteiger partial charge is 0.472 e. The van der Waals surface area contributed by atoms with Gasteiger partial charge in [0.05, 0.1) is 12.7 Å². The monoisotopic (exact) mass is 952 g/mol. The Hall–Kier alpha value is -2.34. The van der Waals surface area contributed by atoms with Gasteiger partial charge in [0, 0.05) is 12.8 Å². The average Bonchev–Trinajstić information content (AvgIpc) is 3.24. The molecule has 0 bridgehead atoms. The first-order valence-electron chi connectivity index (χ1n) is 22.9. The normalized spacial score (nSPS) is 22.8. The Morgan fingerprint density at radius 2 is 1.06 bits per heavy atom. The van der Waals surface area contributed by atoms with Gasteiger partial charge in [-0.05, 0) is 70.6 Å². The number of phosphoric acid groups is 2. The Morgan fingerprint density at radius 1 is 0.562 bits per heavy atom. The highest BCUT2D eigenvalue weighted by molar-refractivity contribution is 7.47. The predicted molar refractivity (Wildman–Crippen MR) is 242 cm³/mol. The van der Waals surface area contributed by atoms with Crippen molar-refractivity contribution in [3.63, 3.8) is 0 Å². The Balaban J connectivity index is 2.66. The molecule has 370 valence electrons. The summed E-state index contributed by atoms with van der Waals surface area (Å²) in [5.41, 5.74) is 0. The molecular weight excluding hydrogens is 874 g/mol. The average molecular weight is 953 g/mol. The highest BCUT2D eigenvalue weighted by atomic mass is 31.2. The van der Waals surface area contributed by atoms with Gasteiger partial charge in [-0.25, -0.2) is 9.13 Å². The molecule has 1 fully saturated rings. The number of hydrogen-bond acceptors (Lipinski definition) is 14. The molecule has 0 aromatic heterocycles. The van der Waals surface area contributed by atoms with Crippen molar-refractivity contribution in [3.8, 4) is 0 Å². The van der Waals surface area contributed by atoms with Crippen LogP contribution in [0.2, 0.25) is 0 Å². The molecule has 0 aromatic rings. The molecule has 0 saturated heterocycles. The summed E-state index contributed by atoms with van der Waals surface area (Å²) in [7, 11) is -10.7. The van der Waals surface area contributed by atoms with Crippen molar-refractivity contribution in [1.82, 2.24) is 0 Å². The molecule has 1 aliphatic rings. The van der Waals surface area contributed by atoms with Crippen LogP contribution >= 0.6 is 15.6 Å². The maximum atomic E-state index is 13.0. The quantitative estimate of drug-likeness (QED) is 0.0132. The molecule has 19 heteroatoms. The molecular formula is C45H78O17P2. The van der Waals surface area contributed by atoms with E-state index in [1.165, 1.54) is 25.7 Å². The second-order valence-electron chi connectivity index (χ2n) is 15.9. The number of ether oxygens (including phenoxy) is 2.